The first-order valence-electron chi connectivity index (χ1n) is 9.00. The number of ether oxygens (including phenoxy) is 2. The van der Waals surface area contributed by atoms with Crippen LogP contribution in [0.2, 0.25) is 0 Å². The molecule has 3 heterocycles. The molecule has 1 aromatic carbocycles. The van der Waals surface area contributed by atoms with Crippen LogP contribution < -0.4 is 14.8 Å². The van der Waals surface area contributed by atoms with Gasteiger partial charge >= 0.3 is 0 Å². The lowest BCUT2D eigenvalue weighted by Crippen LogP contribution is -2.41. The normalized spacial score (nSPS) is 17.9. The Hall–Kier alpha value is -2.38. The number of furan rings is 1. The van der Waals surface area contributed by atoms with Crippen molar-refractivity contribution >= 4 is 23.7 Å². The maximum atomic E-state index is 12.3. The standard InChI is InChI=1S/C20H22N2O4S/c23-20(6-4-15-3-5-18-19(12-15)26-14-25-18)21-13-16(17-2-1-9-24-17)22-7-10-27-11-8-22/h1-6,9,12,16H,7-8,10-11,13-14H2,(H,21,23)/b6-4+/t16-/m1/s1. The summed E-state index contributed by atoms with van der Waals surface area (Å²) in [6.45, 7) is 2.76. The van der Waals surface area contributed by atoms with E-state index in [0.717, 1.165) is 41.7 Å². The van der Waals surface area contributed by atoms with Crippen LogP contribution in [0, 0.1) is 0 Å². The van der Waals surface area contributed by atoms with Crippen molar-refractivity contribution in [2.45, 2.75) is 6.04 Å². The molecule has 0 saturated carbocycles. The molecule has 2 aromatic rings. The molecule has 4 rings (SSSR count). The van der Waals surface area contributed by atoms with Crippen LogP contribution in [-0.4, -0.2) is 48.7 Å². The van der Waals surface area contributed by atoms with Gasteiger partial charge in [0.1, 0.15) is 5.76 Å². The van der Waals surface area contributed by atoms with E-state index in [0.29, 0.717) is 12.3 Å². The summed E-state index contributed by atoms with van der Waals surface area (Å²) in [4.78, 5) is 14.7. The Morgan fingerprint density at radius 1 is 1.22 bits per heavy atom. The molecule has 0 radical (unpaired) electrons. The summed E-state index contributed by atoms with van der Waals surface area (Å²) in [5.41, 5.74) is 0.894. The number of carbonyl (C=O) groups is 1. The van der Waals surface area contributed by atoms with E-state index in [-0.39, 0.29) is 18.7 Å². The Bertz CT molecular complexity index is 800. The van der Waals surface area contributed by atoms with Crippen molar-refractivity contribution in [3.63, 3.8) is 0 Å². The van der Waals surface area contributed by atoms with Gasteiger partial charge in [-0.15, -0.1) is 0 Å². The molecule has 2 aliphatic rings. The van der Waals surface area contributed by atoms with Crippen LogP contribution in [0.3, 0.4) is 0 Å². The topological polar surface area (TPSA) is 63.9 Å². The van der Waals surface area contributed by atoms with Gasteiger partial charge in [-0.05, 0) is 35.9 Å². The molecule has 1 atom stereocenters. The summed E-state index contributed by atoms with van der Waals surface area (Å²) in [6.07, 6.45) is 5.00. The fourth-order valence-electron chi connectivity index (χ4n) is 3.22. The highest BCUT2D eigenvalue weighted by Crippen LogP contribution is 2.32. The SMILES string of the molecule is O=C(/C=C/c1ccc2c(c1)OCO2)NC[C@H](c1ccco1)N1CCSCC1. The largest absolute Gasteiger partial charge is 0.468 e. The third-order valence-corrected chi connectivity index (χ3v) is 5.59. The van der Waals surface area contributed by atoms with Crippen LogP contribution in [0.5, 0.6) is 11.5 Å². The predicted molar refractivity (Wildman–Crippen MR) is 105 cm³/mol. The number of thioether (sulfide) groups is 1. The summed E-state index contributed by atoms with van der Waals surface area (Å²) in [5, 5.41) is 3.00. The highest BCUT2D eigenvalue weighted by molar-refractivity contribution is 7.99. The lowest BCUT2D eigenvalue weighted by molar-refractivity contribution is -0.116. The number of nitrogens with zero attached hydrogens (tertiary/aromatic N) is 1. The van der Waals surface area contributed by atoms with Crippen LogP contribution in [-0.2, 0) is 4.79 Å². The van der Waals surface area contributed by atoms with Crippen molar-refractivity contribution in [2.75, 3.05) is 37.9 Å². The summed E-state index contributed by atoms with van der Waals surface area (Å²) in [6, 6.07) is 9.53. The Morgan fingerprint density at radius 2 is 2.07 bits per heavy atom. The second-order valence-corrected chi connectivity index (χ2v) is 7.60. The van der Waals surface area contributed by atoms with E-state index in [4.69, 9.17) is 13.9 Å². The van der Waals surface area contributed by atoms with Crippen molar-refractivity contribution in [1.82, 2.24) is 10.2 Å². The van der Waals surface area contributed by atoms with Gasteiger partial charge in [-0.1, -0.05) is 6.07 Å². The molecule has 27 heavy (non-hydrogen) atoms. The zero-order valence-electron chi connectivity index (χ0n) is 14.9. The van der Waals surface area contributed by atoms with Gasteiger partial charge in [-0.3, -0.25) is 9.69 Å². The Kier molecular flexibility index (Phi) is 5.69. The highest BCUT2D eigenvalue weighted by atomic mass is 32.2. The number of hydrogen-bond donors (Lipinski definition) is 1. The van der Waals surface area contributed by atoms with Gasteiger partial charge < -0.3 is 19.2 Å². The van der Waals surface area contributed by atoms with E-state index in [2.05, 4.69) is 10.2 Å². The van der Waals surface area contributed by atoms with Crippen LogP contribution in [0.15, 0.2) is 47.1 Å². The number of fused-ring (bicyclic) bond motifs is 1. The maximum Gasteiger partial charge on any atom is 0.244 e. The van der Waals surface area contributed by atoms with Crippen LogP contribution >= 0.6 is 11.8 Å². The molecule has 142 valence electrons. The average molecular weight is 386 g/mol. The third kappa shape index (κ3) is 4.48. The number of carbonyl (C=O) groups excluding carboxylic acids is 1. The first-order valence-corrected chi connectivity index (χ1v) is 10.2. The molecule has 1 fully saturated rings. The van der Waals surface area contributed by atoms with Gasteiger partial charge in [-0.25, -0.2) is 0 Å². The molecular weight excluding hydrogens is 364 g/mol. The summed E-state index contributed by atoms with van der Waals surface area (Å²) >= 11 is 1.96. The zero-order valence-corrected chi connectivity index (χ0v) is 15.7. The molecule has 2 aliphatic heterocycles. The number of amides is 1. The summed E-state index contributed by atoms with van der Waals surface area (Å²) in [7, 11) is 0. The van der Waals surface area contributed by atoms with E-state index in [1.165, 1.54) is 0 Å². The van der Waals surface area contributed by atoms with Gasteiger partial charge in [0.15, 0.2) is 11.5 Å². The third-order valence-electron chi connectivity index (χ3n) is 4.65. The van der Waals surface area contributed by atoms with Crippen molar-refractivity contribution in [1.29, 1.82) is 0 Å². The van der Waals surface area contributed by atoms with Gasteiger partial charge in [0.05, 0.1) is 12.3 Å². The molecule has 7 heteroatoms. The smallest absolute Gasteiger partial charge is 0.244 e. The fourth-order valence-corrected chi connectivity index (χ4v) is 4.16. The molecule has 1 amide bonds. The molecule has 6 nitrogen and oxygen atoms in total. The van der Waals surface area contributed by atoms with Crippen molar-refractivity contribution < 1.29 is 18.7 Å². The van der Waals surface area contributed by atoms with Crippen molar-refractivity contribution in [3.05, 3.63) is 54.0 Å². The van der Waals surface area contributed by atoms with Gasteiger partial charge in [0.25, 0.3) is 0 Å². The molecule has 0 unspecified atom stereocenters. The monoisotopic (exact) mass is 386 g/mol. The average Bonchev–Trinajstić information content (AvgIpc) is 3.39. The number of hydrogen-bond acceptors (Lipinski definition) is 6. The van der Waals surface area contributed by atoms with E-state index in [9.17, 15) is 4.79 Å². The lowest BCUT2D eigenvalue weighted by Gasteiger charge is -2.33. The molecule has 0 bridgehead atoms. The lowest BCUT2D eigenvalue weighted by atomic mass is 10.1. The van der Waals surface area contributed by atoms with Gasteiger partial charge in [-0.2, -0.15) is 11.8 Å². The number of rotatable bonds is 6. The first-order chi connectivity index (χ1) is 13.3. The Balaban J connectivity index is 1.36. The second kappa shape index (κ2) is 8.54. The van der Waals surface area contributed by atoms with E-state index in [1.807, 2.05) is 42.1 Å². The number of benzene rings is 1. The van der Waals surface area contributed by atoms with Crippen LogP contribution in [0.1, 0.15) is 17.4 Å². The minimum atomic E-state index is -0.129. The molecular formula is C20H22N2O4S. The predicted octanol–water partition coefficient (Wildman–Crippen LogP) is 2.93. The first kappa shape index (κ1) is 18.0. The van der Waals surface area contributed by atoms with Crippen LogP contribution in [0.25, 0.3) is 6.08 Å². The minimum Gasteiger partial charge on any atom is -0.468 e. The minimum absolute atomic E-state index is 0.0591. The van der Waals surface area contributed by atoms with Crippen LogP contribution in [0.4, 0.5) is 0 Å². The van der Waals surface area contributed by atoms with Gasteiger partial charge in [0, 0.05) is 37.2 Å². The Morgan fingerprint density at radius 3 is 2.89 bits per heavy atom. The second-order valence-electron chi connectivity index (χ2n) is 6.37. The Labute approximate surface area is 162 Å². The van der Waals surface area contributed by atoms with Gasteiger partial charge in [0.2, 0.25) is 12.7 Å². The highest BCUT2D eigenvalue weighted by Gasteiger charge is 2.24. The maximum absolute atomic E-state index is 12.3. The van der Waals surface area contributed by atoms with Crippen molar-refractivity contribution in [3.8, 4) is 11.5 Å². The summed E-state index contributed by atoms with van der Waals surface area (Å²) < 4.78 is 16.3. The molecule has 1 aromatic heterocycles. The fraction of sp³-hybridized carbons (Fsp3) is 0.350. The van der Waals surface area contributed by atoms with Crippen molar-refractivity contribution in [2.24, 2.45) is 0 Å². The zero-order chi connectivity index (χ0) is 18.5. The number of nitrogens with one attached hydrogen (secondary N) is 1. The molecule has 1 N–H and O–H groups in total. The molecule has 0 aliphatic carbocycles. The van der Waals surface area contributed by atoms with E-state index >= 15 is 0 Å². The van der Waals surface area contributed by atoms with E-state index in [1.54, 1.807) is 18.4 Å². The quantitative estimate of drug-likeness (QED) is 0.770. The summed E-state index contributed by atoms with van der Waals surface area (Å²) in [5.74, 6) is 4.42. The van der Waals surface area contributed by atoms with E-state index < -0.39 is 0 Å². The molecule has 1 saturated heterocycles. The molecule has 0 spiro atoms.